The lowest BCUT2D eigenvalue weighted by Gasteiger charge is -2.41. The first-order valence-corrected chi connectivity index (χ1v) is 17.0. The molecule has 6 amide bonds. The Morgan fingerprint density at radius 3 is 2.11 bits per heavy atom. The first kappa shape index (κ1) is 37.3. The first-order chi connectivity index (χ1) is 21.2. The molecule has 2 heterocycles. The summed E-state index contributed by atoms with van der Waals surface area (Å²) in [6, 6.07) is -3.61. The summed E-state index contributed by atoms with van der Waals surface area (Å²) in [6.45, 7) is 18.9. The van der Waals surface area contributed by atoms with E-state index in [4.69, 9.17) is 0 Å². The molecule has 4 unspecified atom stereocenters. The van der Waals surface area contributed by atoms with Crippen molar-refractivity contribution in [1.29, 1.82) is 0 Å². The van der Waals surface area contributed by atoms with Crippen LogP contribution in [0, 0.1) is 16.2 Å². The number of nitrogens with one attached hydrogen (secondary N) is 4. The van der Waals surface area contributed by atoms with Gasteiger partial charge in [-0.25, -0.2) is 4.79 Å². The van der Waals surface area contributed by atoms with Gasteiger partial charge in [-0.1, -0.05) is 68.7 Å². The number of rotatable bonds is 12. The van der Waals surface area contributed by atoms with Crippen LogP contribution in [0.25, 0.3) is 0 Å². The minimum atomic E-state index is -0.969. The molecule has 2 saturated heterocycles. The van der Waals surface area contributed by atoms with E-state index in [1.54, 1.807) is 0 Å². The smallest absolute Gasteiger partial charge is 0.315 e. The Kier molecular flexibility index (Phi) is 11.9. The average molecular weight is 647 g/mol. The van der Waals surface area contributed by atoms with E-state index in [0.717, 1.165) is 19.3 Å². The molecule has 0 spiro atoms. The molecule has 1 saturated carbocycles. The minimum Gasteiger partial charge on any atom is -0.347 e. The van der Waals surface area contributed by atoms with E-state index in [1.165, 1.54) is 4.90 Å². The van der Waals surface area contributed by atoms with Crippen LogP contribution in [-0.4, -0.2) is 95.1 Å². The van der Waals surface area contributed by atoms with Crippen molar-refractivity contribution in [3.8, 4) is 0 Å². The van der Waals surface area contributed by atoms with Crippen molar-refractivity contribution in [3.05, 3.63) is 0 Å². The van der Waals surface area contributed by atoms with Gasteiger partial charge in [0, 0.05) is 32.1 Å². The second-order valence-electron chi connectivity index (χ2n) is 16.4. The number of urea groups is 1. The number of hydrogen-bond acceptors (Lipinski definition) is 6. The Morgan fingerprint density at radius 2 is 1.57 bits per heavy atom. The summed E-state index contributed by atoms with van der Waals surface area (Å²) in [5, 5.41) is 11.4. The van der Waals surface area contributed by atoms with Gasteiger partial charge in [-0.3, -0.25) is 24.0 Å². The summed E-state index contributed by atoms with van der Waals surface area (Å²) in [5.74, 6) is -2.15. The predicted molar refractivity (Wildman–Crippen MR) is 175 cm³/mol. The highest BCUT2D eigenvalue weighted by atomic mass is 16.2. The number of piperidine rings is 1. The van der Waals surface area contributed by atoms with Gasteiger partial charge in [-0.05, 0) is 54.8 Å². The van der Waals surface area contributed by atoms with Gasteiger partial charge in [-0.2, -0.15) is 0 Å². The maximum atomic E-state index is 14.0. The average Bonchev–Trinajstić information content (AvgIpc) is 3.60. The number of ketones is 1. The lowest BCUT2D eigenvalue weighted by molar-refractivity contribution is -0.143. The largest absolute Gasteiger partial charge is 0.347 e. The number of amides is 6. The van der Waals surface area contributed by atoms with Crippen LogP contribution in [0.3, 0.4) is 0 Å². The standard InChI is InChI=1S/C34H58N6O6/c1-10-12-22(26(42)29(44)35-21-14-15-21)36-28(43)23-13-11-17-40(23)30(45)27(33(5,6)7)38-31(46)37-24(32(2,3)4)20-39-18-16-34(8,9)19-25(39)41/h21-24,27H,10-20H2,1-9H3,(H,35,44)(H,36,43)(H2,37,38,46). The highest BCUT2D eigenvalue weighted by molar-refractivity contribution is 6.38. The zero-order valence-corrected chi connectivity index (χ0v) is 29.5. The van der Waals surface area contributed by atoms with Crippen molar-refractivity contribution in [2.75, 3.05) is 19.6 Å². The van der Waals surface area contributed by atoms with E-state index in [0.29, 0.717) is 51.7 Å². The van der Waals surface area contributed by atoms with Crippen LogP contribution in [0.2, 0.25) is 0 Å². The van der Waals surface area contributed by atoms with E-state index < -0.39 is 47.2 Å². The van der Waals surface area contributed by atoms with Crippen molar-refractivity contribution in [2.45, 2.75) is 144 Å². The summed E-state index contributed by atoms with van der Waals surface area (Å²) < 4.78 is 0. The summed E-state index contributed by atoms with van der Waals surface area (Å²) in [7, 11) is 0. The molecule has 2 aliphatic heterocycles. The van der Waals surface area contributed by atoms with Gasteiger partial charge in [0.05, 0.1) is 12.1 Å². The fourth-order valence-electron chi connectivity index (χ4n) is 6.04. The Balaban J connectivity index is 1.69. The topological polar surface area (TPSA) is 157 Å². The third-order valence-electron chi connectivity index (χ3n) is 9.37. The molecule has 3 aliphatic rings. The Morgan fingerprint density at radius 1 is 0.913 bits per heavy atom. The van der Waals surface area contributed by atoms with Crippen molar-refractivity contribution in [3.63, 3.8) is 0 Å². The fourth-order valence-corrected chi connectivity index (χ4v) is 6.04. The van der Waals surface area contributed by atoms with Crippen LogP contribution < -0.4 is 21.3 Å². The van der Waals surface area contributed by atoms with Crippen LogP contribution >= 0.6 is 0 Å². The van der Waals surface area contributed by atoms with E-state index in [2.05, 4.69) is 35.1 Å². The number of nitrogens with zero attached hydrogens (tertiary/aromatic N) is 2. The van der Waals surface area contributed by atoms with E-state index in [-0.39, 0.29) is 34.7 Å². The molecular weight excluding hydrogens is 588 g/mol. The molecule has 0 radical (unpaired) electrons. The molecule has 0 aromatic rings. The van der Waals surface area contributed by atoms with Crippen LogP contribution in [0.15, 0.2) is 0 Å². The van der Waals surface area contributed by atoms with E-state index >= 15 is 0 Å². The molecule has 260 valence electrons. The molecule has 1 aliphatic carbocycles. The molecule has 46 heavy (non-hydrogen) atoms. The molecule has 0 bridgehead atoms. The maximum absolute atomic E-state index is 14.0. The molecule has 3 rings (SSSR count). The van der Waals surface area contributed by atoms with Gasteiger partial charge >= 0.3 is 6.03 Å². The molecule has 4 N–H and O–H groups in total. The summed E-state index contributed by atoms with van der Waals surface area (Å²) in [6.07, 6.45) is 4.94. The minimum absolute atomic E-state index is 0.0229. The number of Topliss-reactive ketones (excluding diaryl/α,β-unsaturated/α-hetero) is 1. The molecule has 12 nitrogen and oxygen atoms in total. The van der Waals surface area contributed by atoms with Crippen molar-refractivity contribution in [2.24, 2.45) is 16.2 Å². The fraction of sp³-hybridized carbons (Fsp3) is 0.824. The quantitative estimate of drug-likeness (QED) is 0.239. The first-order valence-electron chi connectivity index (χ1n) is 17.0. The van der Waals surface area contributed by atoms with Gasteiger partial charge in [0.25, 0.3) is 5.91 Å². The summed E-state index contributed by atoms with van der Waals surface area (Å²) >= 11 is 0. The van der Waals surface area contributed by atoms with Gasteiger partial charge < -0.3 is 31.1 Å². The number of likely N-dealkylation sites (tertiary alicyclic amines) is 2. The number of carbonyl (C=O) groups excluding carboxylic acids is 6. The molecule has 4 atom stereocenters. The highest BCUT2D eigenvalue weighted by Gasteiger charge is 2.43. The van der Waals surface area contributed by atoms with Crippen molar-refractivity contribution >= 4 is 35.4 Å². The number of hydrogen-bond donors (Lipinski definition) is 4. The van der Waals surface area contributed by atoms with Crippen LogP contribution in [-0.2, 0) is 24.0 Å². The lowest BCUT2D eigenvalue weighted by Crippen LogP contribution is -2.62. The third-order valence-corrected chi connectivity index (χ3v) is 9.37. The second kappa shape index (κ2) is 14.7. The van der Waals surface area contributed by atoms with Gasteiger partial charge in [0.15, 0.2) is 0 Å². The van der Waals surface area contributed by atoms with E-state index in [1.807, 2.05) is 53.4 Å². The molecule has 0 aromatic heterocycles. The molecular formula is C34H58N6O6. The van der Waals surface area contributed by atoms with Gasteiger partial charge in [0.1, 0.15) is 12.1 Å². The van der Waals surface area contributed by atoms with Gasteiger partial charge in [0.2, 0.25) is 23.5 Å². The predicted octanol–water partition coefficient (Wildman–Crippen LogP) is 2.89. The SMILES string of the molecule is CCCC(NC(=O)C1CCCN1C(=O)C(NC(=O)NC(CN1CCC(C)(C)CC1=O)C(C)(C)C)C(C)(C)C)C(=O)C(=O)NC1CC1. The lowest BCUT2D eigenvalue weighted by atomic mass is 9.81. The molecule has 0 aromatic carbocycles. The second-order valence-corrected chi connectivity index (χ2v) is 16.4. The van der Waals surface area contributed by atoms with Crippen molar-refractivity contribution < 1.29 is 28.8 Å². The van der Waals surface area contributed by atoms with E-state index in [9.17, 15) is 28.8 Å². The number of carbonyl (C=O) groups is 6. The summed E-state index contributed by atoms with van der Waals surface area (Å²) in [4.78, 5) is 82.5. The maximum Gasteiger partial charge on any atom is 0.315 e. The van der Waals surface area contributed by atoms with Gasteiger partial charge in [-0.15, -0.1) is 0 Å². The normalized spacial score (nSPS) is 22.0. The molecule has 3 fully saturated rings. The Labute approximate surface area is 274 Å². The summed E-state index contributed by atoms with van der Waals surface area (Å²) in [5.41, 5.74) is -1.10. The van der Waals surface area contributed by atoms with Crippen molar-refractivity contribution in [1.82, 2.24) is 31.1 Å². The zero-order chi connectivity index (χ0) is 34.6. The van der Waals surface area contributed by atoms with Crippen LogP contribution in [0.4, 0.5) is 4.79 Å². The molecule has 12 heteroatoms. The highest BCUT2D eigenvalue weighted by Crippen LogP contribution is 2.32. The van der Waals surface area contributed by atoms with Crippen LogP contribution in [0.5, 0.6) is 0 Å². The monoisotopic (exact) mass is 646 g/mol. The van der Waals surface area contributed by atoms with Crippen LogP contribution in [0.1, 0.15) is 114 Å². The zero-order valence-electron chi connectivity index (χ0n) is 29.5. The Hall–Kier alpha value is -3.18. The third kappa shape index (κ3) is 10.2. The Bertz CT molecular complexity index is 1170.